The summed E-state index contributed by atoms with van der Waals surface area (Å²) in [5.41, 5.74) is 0. The van der Waals surface area contributed by atoms with Crippen molar-refractivity contribution in [2.45, 2.75) is 33.2 Å². The summed E-state index contributed by atoms with van der Waals surface area (Å²) in [6.07, 6.45) is 7.24. The number of rotatable bonds is 9. The van der Waals surface area contributed by atoms with Crippen LogP contribution in [-0.2, 0) is 11.3 Å². The fourth-order valence-electron chi connectivity index (χ4n) is 1.91. The number of amides is 2. The van der Waals surface area contributed by atoms with Crippen LogP contribution in [0.5, 0.6) is 0 Å². The van der Waals surface area contributed by atoms with Crippen molar-refractivity contribution < 1.29 is 14.7 Å². The summed E-state index contributed by atoms with van der Waals surface area (Å²) < 4.78 is 1.99. The summed E-state index contributed by atoms with van der Waals surface area (Å²) in [5.74, 6) is -1.45. The zero-order valence-electron chi connectivity index (χ0n) is 12.7. The lowest BCUT2D eigenvalue weighted by atomic mass is 10.2. The molecule has 2 N–H and O–H groups in total. The third-order valence-corrected chi connectivity index (χ3v) is 3.26. The Hall–Kier alpha value is -2.05. The average Bonchev–Trinajstić information content (AvgIpc) is 2.96. The molecular weight excluding hydrogens is 272 g/mol. The quantitative estimate of drug-likeness (QED) is 0.675. The van der Waals surface area contributed by atoms with E-state index in [4.69, 9.17) is 5.11 Å². The van der Waals surface area contributed by atoms with Crippen molar-refractivity contribution >= 4 is 12.0 Å². The fourth-order valence-corrected chi connectivity index (χ4v) is 1.91. The molecule has 1 heterocycles. The van der Waals surface area contributed by atoms with Gasteiger partial charge in [-0.05, 0) is 19.8 Å². The SMILES string of the molecule is CCN(CC(C)C(=O)O)C(=O)NCCCCn1ccnc1. The number of carbonyl (C=O) groups is 2. The minimum Gasteiger partial charge on any atom is -0.481 e. The molecule has 0 aliphatic heterocycles. The van der Waals surface area contributed by atoms with E-state index in [1.807, 2.05) is 17.7 Å². The van der Waals surface area contributed by atoms with Crippen molar-refractivity contribution in [2.75, 3.05) is 19.6 Å². The van der Waals surface area contributed by atoms with E-state index >= 15 is 0 Å². The zero-order chi connectivity index (χ0) is 15.7. The highest BCUT2D eigenvalue weighted by Crippen LogP contribution is 2.01. The normalized spacial score (nSPS) is 11.9. The number of unbranched alkanes of at least 4 members (excludes halogenated alkanes) is 1. The first kappa shape index (κ1) is 17.0. The lowest BCUT2D eigenvalue weighted by Gasteiger charge is -2.23. The molecule has 1 aromatic heterocycles. The summed E-state index contributed by atoms with van der Waals surface area (Å²) in [6.45, 7) is 5.64. The van der Waals surface area contributed by atoms with Crippen LogP contribution in [0.25, 0.3) is 0 Å². The van der Waals surface area contributed by atoms with Crippen molar-refractivity contribution in [3.63, 3.8) is 0 Å². The molecule has 7 heteroatoms. The van der Waals surface area contributed by atoms with Crippen LogP contribution >= 0.6 is 0 Å². The van der Waals surface area contributed by atoms with E-state index in [-0.39, 0.29) is 12.6 Å². The van der Waals surface area contributed by atoms with Crippen molar-refractivity contribution in [3.05, 3.63) is 18.7 Å². The first-order chi connectivity index (χ1) is 10.0. The van der Waals surface area contributed by atoms with Crippen LogP contribution in [-0.4, -0.2) is 51.2 Å². The highest BCUT2D eigenvalue weighted by atomic mass is 16.4. The largest absolute Gasteiger partial charge is 0.481 e. The maximum Gasteiger partial charge on any atom is 0.317 e. The van der Waals surface area contributed by atoms with Crippen LogP contribution in [0.15, 0.2) is 18.7 Å². The van der Waals surface area contributed by atoms with E-state index in [1.165, 1.54) is 4.90 Å². The molecular formula is C14H24N4O3. The summed E-state index contributed by atoms with van der Waals surface area (Å²) in [6, 6.07) is -0.201. The number of hydrogen-bond acceptors (Lipinski definition) is 3. The summed E-state index contributed by atoms with van der Waals surface area (Å²) >= 11 is 0. The Morgan fingerprint density at radius 2 is 2.19 bits per heavy atom. The van der Waals surface area contributed by atoms with Crippen molar-refractivity contribution in [1.29, 1.82) is 0 Å². The Morgan fingerprint density at radius 3 is 2.76 bits per heavy atom. The van der Waals surface area contributed by atoms with E-state index in [9.17, 15) is 9.59 Å². The van der Waals surface area contributed by atoms with Crippen LogP contribution in [0.4, 0.5) is 4.79 Å². The Bertz CT molecular complexity index is 433. The molecule has 0 aliphatic carbocycles. The van der Waals surface area contributed by atoms with Gasteiger partial charge in [-0.2, -0.15) is 0 Å². The number of imidazole rings is 1. The number of hydrogen-bond donors (Lipinski definition) is 2. The molecule has 1 rings (SSSR count). The van der Waals surface area contributed by atoms with Crippen molar-refractivity contribution in [1.82, 2.24) is 19.8 Å². The second-order valence-electron chi connectivity index (χ2n) is 5.02. The molecule has 0 saturated heterocycles. The summed E-state index contributed by atoms with van der Waals surface area (Å²) in [7, 11) is 0. The lowest BCUT2D eigenvalue weighted by molar-refractivity contribution is -0.141. The number of aliphatic carboxylic acids is 1. The average molecular weight is 296 g/mol. The molecule has 21 heavy (non-hydrogen) atoms. The molecule has 0 spiro atoms. The molecule has 0 aromatic carbocycles. The van der Waals surface area contributed by atoms with E-state index in [0.717, 1.165) is 19.4 Å². The maximum absolute atomic E-state index is 11.9. The molecule has 0 bridgehead atoms. The standard InChI is InChI=1S/C14H24N4O3/c1-3-18(10-12(2)13(19)20)14(21)16-6-4-5-8-17-9-7-15-11-17/h7,9,11-12H,3-6,8,10H2,1-2H3,(H,16,21)(H,19,20). The smallest absolute Gasteiger partial charge is 0.317 e. The van der Waals surface area contributed by atoms with Gasteiger partial charge in [-0.25, -0.2) is 9.78 Å². The van der Waals surface area contributed by atoms with E-state index < -0.39 is 11.9 Å². The number of carboxylic acid groups (broad SMARTS) is 1. The van der Waals surface area contributed by atoms with Gasteiger partial charge in [0.2, 0.25) is 0 Å². The number of carboxylic acids is 1. The first-order valence-electron chi connectivity index (χ1n) is 7.26. The first-order valence-corrected chi connectivity index (χ1v) is 7.26. The molecule has 7 nitrogen and oxygen atoms in total. The number of aromatic nitrogens is 2. The van der Waals surface area contributed by atoms with E-state index in [1.54, 1.807) is 19.4 Å². The van der Waals surface area contributed by atoms with Gasteiger partial charge in [0.05, 0.1) is 12.2 Å². The maximum atomic E-state index is 11.9. The lowest BCUT2D eigenvalue weighted by Crippen LogP contribution is -2.43. The van der Waals surface area contributed by atoms with Gasteiger partial charge in [0.25, 0.3) is 0 Å². The van der Waals surface area contributed by atoms with Crippen LogP contribution in [0.1, 0.15) is 26.7 Å². The highest BCUT2D eigenvalue weighted by Gasteiger charge is 2.18. The number of carbonyl (C=O) groups excluding carboxylic acids is 1. The molecule has 0 aliphatic rings. The van der Waals surface area contributed by atoms with Gasteiger partial charge in [-0.15, -0.1) is 0 Å². The Balaban J connectivity index is 2.20. The molecule has 0 fully saturated rings. The van der Waals surface area contributed by atoms with Gasteiger partial charge in [-0.1, -0.05) is 6.92 Å². The summed E-state index contributed by atoms with van der Waals surface area (Å²) in [5, 5.41) is 11.7. The second-order valence-corrected chi connectivity index (χ2v) is 5.02. The third-order valence-electron chi connectivity index (χ3n) is 3.26. The van der Waals surface area contributed by atoms with E-state index in [2.05, 4.69) is 10.3 Å². The molecule has 2 amide bonds. The predicted molar refractivity (Wildman–Crippen MR) is 78.9 cm³/mol. The van der Waals surface area contributed by atoms with Crippen LogP contribution < -0.4 is 5.32 Å². The Kier molecular flexibility index (Phi) is 7.28. The van der Waals surface area contributed by atoms with Crippen molar-refractivity contribution in [2.24, 2.45) is 5.92 Å². The van der Waals surface area contributed by atoms with Crippen molar-refractivity contribution in [3.8, 4) is 0 Å². The van der Waals surface area contributed by atoms with Crippen LogP contribution in [0.2, 0.25) is 0 Å². The number of urea groups is 1. The molecule has 1 aromatic rings. The molecule has 0 saturated carbocycles. The van der Waals surface area contributed by atoms with Gasteiger partial charge in [0.1, 0.15) is 0 Å². The monoisotopic (exact) mass is 296 g/mol. The Morgan fingerprint density at radius 1 is 1.43 bits per heavy atom. The van der Waals surface area contributed by atoms with Crippen LogP contribution in [0.3, 0.4) is 0 Å². The van der Waals surface area contributed by atoms with Gasteiger partial charge >= 0.3 is 12.0 Å². The molecule has 1 unspecified atom stereocenters. The van der Waals surface area contributed by atoms with Gasteiger partial charge in [0, 0.05) is 38.6 Å². The fraction of sp³-hybridized carbons (Fsp3) is 0.643. The minimum absolute atomic E-state index is 0.201. The zero-order valence-corrected chi connectivity index (χ0v) is 12.7. The minimum atomic E-state index is -0.887. The number of aryl methyl sites for hydroxylation is 1. The van der Waals surface area contributed by atoms with Crippen LogP contribution in [0, 0.1) is 5.92 Å². The molecule has 1 atom stereocenters. The Labute approximate surface area is 125 Å². The summed E-state index contributed by atoms with van der Waals surface area (Å²) in [4.78, 5) is 28.2. The van der Waals surface area contributed by atoms with Gasteiger partial charge in [-0.3, -0.25) is 4.79 Å². The number of nitrogens with one attached hydrogen (secondary N) is 1. The van der Waals surface area contributed by atoms with Gasteiger partial charge < -0.3 is 19.9 Å². The highest BCUT2D eigenvalue weighted by molar-refractivity contribution is 5.75. The van der Waals surface area contributed by atoms with E-state index in [0.29, 0.717) is 13.1 Å². The predicted octanol–water partition coefficient (Wildman–Crippen LogP) is 1.42. The third kappa shape index (κ3) is 6.29. The molecule has 0 radical (unpaired) electrons. The second kappa shape index (κ2) is 8.99. The topological polar surface area (TPSA) is 87.5 Å². The molecule has 118 valence electrons. The number of nitrogens with zero attached hydrogens (tertiary/aromatic N) is 3. The van der Waals surface area contributed by atoms with Gasteiger partial charge in [0.15, 0.2) is 0 Å².